The van der Waals surface area contributed by atoms with Gasteiger partial charge in [0.05, 0.1) is 0 Å². The lowest BCUT2D eigenvalue weighted by molar-refractivity contribution is 0.247. The monoisotopic (exact) mass is 288 g/mol. The van der Waals surface area contributed by atoms with E-state index in [1.165, 1.54) is 44.1 Å². The van der Waals surface area contributed by atoms with Crippen LogP contribution in [0.2, 0.25) is 0 Å². The Labute approximate surface area is 130 Å². The van der Waals surface area contributed by atoms with Crippen molar-refractivity contribution in [1.82, 2.24) is 10.2 Å². The molecule has 0 bridgehead atoms. The SMILES string of the molecule is CC(CCN(C)C)NC(c1ccccc1)C1CCCCC1. The molecule has 1 aliphatic carbocycles. The van der Waals surface area contributed by atoms with Crippen LogP contribution in [0.4, 0.5) is 0 Å². The topological polar surface area (TPSA) is 15.3 Å². The first kappa shape index (κ1) is 16.5. The Balaban J connectivity index is 2.01. The van der Waals surface area contributed by atoms with Gasteiger partial charge in [0, 0.05) is 12.1 Å². The minimum atomic E-state index is 0.531. The molecule has 0 saturated heterocycles. The zero-order chi connectivity index (χ0) is 15.1. The molecule has 0 amide bonds. The first-order valence-electron chi connectivity index (χ1n) is 8.62. The second-order valence-corrected chi connectivity index (χ2v) is 6.95. The fraction of sp³-hybridized carbons (Fsp3) is 0.684. The molecule has 118 valence electrons. The van der Waals surface area contributed by atoms with Crippen LogP contribution in [0.3, 0.4) is 0 Å². The summed E-state index contributed by atoms with van der Waals surface area (Å²) >= 11 is 0. The average Bonchev–Trinajstić information content (AvgIpc) is 2.52. The Kier molecular flexibility index (Phi) is 6.72. The summed E-state index contributed by atoms with van der Waals surface area (Å²) in [7, 11) is 4.31. The molecule has 2 heteroatoms. The minimum Gasteiger partial charge on any atom is -0.309 e. The Morgan fingerprint density at radius 2 is 1.76 bits per heavy atom. The Bertz CT molecular complexity index is 382. The van der Waals surface area contributed by atoms with E-state index >= 15 is 0 Å². The van der Waals surface area contributed by atoms with Gasteiger partial charge in [0.2, 0.25) is 0 Å². The molecule has 21 heavy (non-hydrogen) atoms. The van der Waals surface area contributed by atoms with Crippen LogP contribution in [0, 0.1) is 5.92 Å². The zero-order valence-corrected chi connectivity index (χ0v) is 14.0. The van der Waals surface area contributed by atoms with E-state index in [0.29, 0.717) is 12.1 Å². The lowest BCUT2D eigenvalue weighted by atomic mass is 9.81. The molecule has 2 atom stereocenters. The van der Waals surface area contributed by atoms with Crippen molar-refractivity contribution in [3.63, 3.8) is 0 Å². The van der Waals surface area contributed by atoms with E-state index in [2.05, 4.69) is 61.6 Å². The van der Waals surface area contributed by atoms with Crippen LogP contribution in [0.15, 0.2) is 30.3 Å². The van der Waals surface area contributed by atoms with E-state index in [9.17, 15) is 0 Å². The number of benzene rings is 1. The second kappa shape index (κ2) is 8.55. The molecule has 1 fully saturated rings. The van der Waals surface area contributed by atoms with E-state index in [1.54, 1.807) is 0 Å². The van der Waals surface area contributed by atoms with Gasteiger partial charge >= 0.3 is 0 Å². The number of hydrogen-bond donors (Lipinski definition) is 1. The van der Waals surface area contributed by atoms with Gasteiger partial charge in [-0.3, -0.25) is 0 Å². The van der Waals surface area contributed by atoms with Gasteiger partial charge in [0.1, 0.15) is 0 Å². The van der Waals surface area contributed by atoms with Crippen molar-refractivity contribution in [1.29, 1.82) is 0 Å². The summed E-state index contributed by atoms with van der Waals surface area (Å²) in [6.07, 6.45) is 8.21. The molecule has 1 aromatic carbocycles. The van der Waals surface area contributed by atoms with Gasteiger partial charge in [0.25, 0.3) is 0 Å². The van der Waals surface area contributed by atoms with Crippen LogP contribution in [-0.4, -0.2) is 31.6 Å². The van der Waals surface area contributed by atoms with Crippen LogP contribution in [0.5, 0.6) is 0 Å². The van der Waals surface area contributed by atoms with Crippen molar-refractivity contribution in [2.45, 2.75) is 57.5 Å². The number of rotatable bonds is 7. The van der Waals surface area contributed by atoms with Gasteiger partial charge in [-0.15, -0.1) is 0 Å². The number of nitrogens with zero attached hydrogens (tertiary/aromatic N) is 1. The molecule has 0 spiro atoms. The molecule has 1 aromatic rings. The van der Waals surface area contributed by atoms with Crippen molar-refractivity contribution >= 4 is 0 Å². The molecule has 0 heterocycles. The predicted molar refractivity (Wildman–Crippen MR) is 91.5 cm³/mol. The Morgan fingerprint density at radius 1 is 1.10 bits per heavy atom. The van der Waals surface area contributed by atoms with Gasteiger partial charge in [-0.05, 0) is 58.3 Å². The van der Waals surface area contributed by atoms with E-state index in [1.807, 2.05) is 0 Å². The van der Waals surface area contributed by atoms with Gasteiger partial charge in [-0.2, -0.15) is 0 Å². The highest BCUT2D eigenvalue weighted by atomic mass is 15.1. The standard InChI is InChI=1S/C19H32N2/c1-16(14-15-21(2)3)20-19(17-10-6-4-7-11-17)18-12-8-5-9-13-18/h4,6-7,10-11,16,18-20H,5,8-9,12-15H2,1-3H3. The summed E-state index contributed by atoms with van der Waals surface area (Å²) < 4.78 is 0. The molecule has 0 aromatic heterocycles. The normalized spacial score (nSPS) is 19.6. The largest absolute Gasteiger partial charge is 0.309 e. The molecular formula is C19H32N2. The van der Waals surface area contributed by atoms with Crippen molar-refractivity contribution in [2.24, 2.45) is 5.92 Å². The third-order valence-electron chi connectivity index (χ3n) is 4.75. The molecule has 0 radical (unpaired) electrons. The zero-order valence-electron chi connectivity index (χ0n) is 14.0. The van der Waals surface area contributed by atoms with E-state index in [4.69, 9.17) is 0 Å². The lowest BCUT2D eigenvalue weighted by Crippen LogP contribution is -2.37. The highest BCUT2D eigenvalue weighted by Crippen LogP contribution is 2.34. The lowest BCUT2D eigenvalue weighted by Gasteiger charge is -2.34. The fourth-order valence-corrected chi connectivity index (χ4v) is 3.47. The minimum absolute atomic E-state index is 0.531. The molecular weight excluding hydrogens is 256 g/mol. The van der Waals surface area contributed by atoms with Crippen LogP contribution in [0.25, 0.3) is 0 Å². The highest BCUT2D eigenvalue weighted by Gasteiger charge is 2.25. The van der Waals surface area contributed by atoms with Crippen LogP contribution >= 0.6 is 0 Å². The van der Waals surface area contributed by atoms with Crippen LogP contribution in [-0.2, 0) is 0 Å². The third-order valence-corrected chi connectivity index (χ3v) is 4.75. The number of hydrogen-bond acceptors (Lipinski definition) is 2. The summed E-state index contributed by atoms with van der Waals surface area (Å²) in [5.74, 6) is 0.808. The first-order chi connectivity index (χ1) is 10.2. The molecule has 1 saturated carbocycles. The predicted octanol–water partition coefficient (Wildman–Crippen LogP) is 4.24. The average molecular weight is 288 g/mol. The Morgan fingerprint density at radius 3 is 2.38 bits per heavy atom. The molecule has 2 nitrogen and oxygen atoms in total. The van der Waals surface area contributed by atoms with Gasteiger partial charge in [0.15, 0.2) is 0 Å². The van der Waals surface area contributed by atoms with Crippen molar-refractivity contribution in [2.75, 3.05) is 20.6 Å². The van der Waals surface area contributed by atoms with Gasteiger partial charge < -0.3 is 10.2 Å². The quantitative estimate of drug-likeness (QED) is 0.807. The number of nitrogens with one attached hydrogen (secondary N) is 1. The highest BCUT2D eigenvalue weighted by molar-refractivity contribution is 5.20. The fourth-order valence-electron chi connectivity index (χ4n) is 3.47. The summed E-state index contributed by atoms with van der Waals surface area (Å²) in [6.45, 7) is 3.49. The van der Waals surface area contributed by atoms with Crippen LogP contribution in [0.1, 0.15) is 57.1 Å². The smallest absolute Gasteiger partial charge is 0.0350 e. The first-order valence-corrected chi connectivity index (χ1v) is 8.62. The van der Waals surface area contributed by atoms with Crippen molar-refractivity contribution < 1.29 is 0 Å². The van der Waals surface area contributed by atoms with Gasteiger partial charge in [-0.25, -0.2) is 0 Å². The molecule has 0 aliphatic heterocycles. The molecule has 2 rings (SSSR count). The maximum Gasteiger partial charge on any atom is 0.0350 e. The molecule has 1 N–H and O–H groups in total. The van der Waals surface area contributed by atoms with E-state index in [-0.39, 0.29) is 0 Å². The summed E-state index contributed by atoms with van der Waals surface area (Å²) in [5.41, 5.74) is 1.47. The van der Waals surface area contributed by atoms with Crippen LogP contribution < -0.4 is 5.32 Å². The van der Waals surface area contributed by atoms with Crippen molar-refractivity contribution in [3.8, 4) is 0 Å². The van der Waals surface area contributed by atoms with E-state index in [0.717, 1.165) is 12.5 Å². The Hall–Kier alpha value is -0.860. The maximum absolute atomic E-state index is 3.93. The summed E-state index contributed by atoms with van der Waals surface area (Å²) in [5, 5.41) is 3.93. The third kappa shape index (κ3) is 5.44. The summed E-state index contributed by atoms with van der Waals surface area (Å²) in [6, 6.07) is 12.2. The maximum atomic E-state index is 3.93. The summed E-state index contributed by atoms with van der Waals surface area (Å²) in [4.78, 5) is 2.27. The van der Waals surface area contributed by atoms with Crippen molar-refractivity contribution in [3.05, 3.63) is 35.9 Å². The molecule has 1 aliphatic rings. The van der Waals surface area contributed by atoms with E-state index < -0.39 is 0 Å². The molecule has 2 unspecified atom stereocenters. The van der Waals surface area contributed by atoms with Gasteiger partial charge in [-0.1, -0.05) is 49.6 Å². The second-order valence-electron chi connectivity index (χ2n) is 6.95.